The zero-order valence-corrected chi connectivity index (χ0v) is 20.2. The molecule has 0 radical (unpaired) electrons. The molecule has 3 aromatic rings. The standard InChI is InChI=1S/C24H27N3O4S2/c1-30-16-9-7-15(8-10-16)12-25-20(28)14-32-24-26-22-21(18-5-2-6-19(18)33-22)23(29)27(24)13-17-4-3-11-31-17/h7-10,17H,2-6,11-14H2,1H3,(H,25,28)/t17-/m0/s1. The fraction of sp³-hybridized carbons (Fsp3) is 0.458. The van der Waals surface area contributed by atoms with Crippen molar-refractivity contribution in [1.29, 1.82) is 0 Å². The number of aromatic nitrogens is 2. The van der Waals surface area contributed by atoms with E-state index in [1.165, 1.54) is 22.2 Å². The van der Waals surface area contributed by atoms with E-state index >= 15 is 0 Å². The van der Waals surface area contributed by atoms with Gasteiger partial charge in [-0.25, -0.2) is 4.98 Å². The number of benzene rings is 1. The molecule has 0 bridgehead atoms. The smallest absolute Gasteiger partial charge is 0.263 e. The zero-order valence-electron chi connectivity index (χ0n) is 18.6. The van der Waals surface area contributed by atoms with Gasteiger partial charge >= 0.3 is 0 Å². The van der Waals surface area contributed by atoms with E-state index in [0.717, 1.165) is 60.2 Å². The molecule has 2 aromatic heterocycles. The second-order valence-corrected chi connectivity index (χ2v) is 10.4. The summed E-state index contributed by atoms with van der Waals surface area (Å²) >= 11 is 2.95. The van der Waals surface area contributed by atoms with Gasteiger partial charge in [-0.05, 0) is 55.4 Å². The zero-order chi connectivity index (χ0) is 22.8. The van der Waals surface area contributed by atoms with Crippen molar-refractivity contribution in [2.75, 3.05) is 19.5 Å². The maximum atomic E-state index is 13.5. The Morgan fingerprint density at radius 2 is 2.15 bits per heavy atom. The number of methoxy groups -OCH3 is 1. The molecule has 2 aliphatic rings. The molecular formula is C24H27N3O4S2. The van der Waals surface area contributed by atoms with Gasteiger partial charge < -0.3 is 14.8 Å². The normalized spacial score (nSPS) is 17.4. The molecule has 1 aliphatic heterocycles. The quantitative estimate of drug-likeness (QED) is 0.388. The summed E-state index contributed by atoms with van der Waals surface area (Å²) in [6, 6.07) is 7.60. The van der Waals surface area contributed by atoms with Crippen LogP contribution in [0.4, 0.5) is 0 Å². The monoisotopic (exact) mass is 485 g/mol. The van der Waals surface area contributed by atoms with Gasteiger partial charge in [0.05, 0.1) is 30.9 Å². The van der Waals surface area contributed by atoms with E-state index in [2.05, 4.69) is 5.32 Å². The first kappa shape index (κ1) is 22.4. The van der Waals surface area contributed by atoms with Crippen molar-refractivity contribution >= 4 is 39.2 Å². The van der Waals surface area contributed by atoms with Gasteiger partial charge in [0, 0.05) is 18.0 Å². The molecule has 1 atom stereocenters. The Morgan fingerprint density at radius 3 is 2.91 bits per heavy atom. The molecular weight excluding hydrogens is 458 g/mol. The highest BCUT2D eigenvalue weighted by molar-refractivity contribution is 7.99. The largest absolute Gasteiger partial charge is 0.497 e. The van der Waals surface area contributed by atoms with Crippen LogP contribution in [0.2, 0.25) is 0 Å². The van der Waals surface area contributed by atoms with E-state index in [4.69, 9.17) is 14.5 Å². The van der Waals surface area contributed by atoms with E-state index in [9.17, 15) is 9.59 Å². The number of amides is 1. The molecule has 1 aliphatic carbocycles. The Balaban J connectivity index is 1.32. The summed E-state index contributed by atoms with van der Waals surface area (Å²) in [5.41, 5.74) is 2.19. The van der Waals surface area contributed by atoms with E-state index < -0.39 is 0 Å². The van der Waals surface area contributed by atoms with E-state index in [-0.39, 0.29) is 23.3 Å². The summed E-state index contributed by atoms with van der Waals surface area (Å²) in [6.45, 7) is 1.66. The molecule has 9 heteroatoms. The highest BCUT2D eigenvalue weighted by atomic mass is 32.2. The number of carbonyl (C=O) groups is 1. The number of nitrogens with one attached hydrogen (secondary N) is 1. The number of fused-ring (bicyclic) bond motifs is 3. The minimum Gasteiger partial charge on any atom is -0.497 e. The van der Waals surface area contributed by atoms with Crippen molar-refractivity contribution in [2.45, 2.75) is 56.5 Å². The van der Waals surface area contributed by atoms with Crippen molar-refractivity contribution in [3.8, 4) is 5.75 Å². The Hall–Kier alpha value is -2.36. The molecule has 0 unspecified atom stereocenters. The lowest BCUT2D eigenvalue weighted by molar-refractivity contribution is -0.118. The van der Waals surface area contributed by atoms with Gasteiger partial charge in [0.2, 0.25) is 5.91 Å². The fourth-order valence-electron chi connectivity index (χ4n) is 4.45. The van der Waals surface area contributed by atoms with Crippen molar-refractivity contribution in [3.05, 3.63) is 50.6 Å². The lowest BCUT2D eigenvalue weighted by Crippen LogP contribution is -2.30. The minimum atomic E-state index is -0.0949. The molecule has 1 aromatic carbocycles. The van der Waals surface area contributed by atoms with Gasteiger partial charge in [-0.15, -0.1) is 11.3 Å². The van der Waals surface area contributed by atoms with Crippen LogP contribution in [0.1, 0.15) is 35.3 Å². The van der Waals surface area contributed by atoms with Gasteiger partial charge in [-0.1, -0.05) is 23.9 Å². The van der Waals surface area contributed by atoms with Gasteiger partial charge in [0.15, 0.2) is 5.16 Å². The molecule has 33 heavy (non-hydrogen) atoms. The number of nitrogens with zero attached hydrogens (tertiary/aromatic N) is 2. The lowest BCUT2D eigenvalue weighted by Gasteiger charge is -2.16. The first-order valence-electron chi connectivity index (χ1n) is 11.3. The average Bonchev–Trinajstić information content (AvgIpc) is 3.56. The lowest BCUT2D eigenvalue weighted by atomic mass is 10.2. The molecule has 0 spiro atoms. The Labute approximate surface area is 200 Å². The molecule has 3 heterocycles. The third-order valence-corrected chi connectivity index (χ3v) is 8.34. The third kappa shape index (κ3) is 4.81. The number of carbonyl (C=O) groups excluding carboxylic acids is 1. The summed E-state index contributed by atoms with van der Waals surface area (Å²) in [6.07, 6.45) is 5.06. The number of ether oxygens (including phenoxy) is 2. The molecule has 0 saturated carbocycles. The Bertz CT molecular complexity index is 1210. The van der Waals surface area contributed by atoms with Gasteiger partial charge in [-0.3, -0.25) is 14.2 Å². The molecule has 1 amide bonds. The third-order valence-electron chi connectivity index (χ3n) is 6.18. The van der Waals surface area contributed by atoms with Crippen LogP contribution in [0.3, 0.4) is 0 Å². The molecule has 7 nitrogen and oxygen atoms in total. The van der Waals surface area contributed by atoms with Crippen molar-refractivity contribution < 1.29 is 14.3 Å². The molecule has 174 valence electrons. The predicted octanol–water partition coefficient (Wildman–Crippen LogP) is 3.54. The van der Waals surface area contributed by atoms with Gasteiger partial charge in [0.25, 0.3) is 5.56 Å². The predicted molar refractivity (Wildman–Crippen MR) is 130 cm³/mol. The topological polar surface area (TPSA) is 82.5 Å². The first-order valence-corrected chi connectivity index (χ1v) is 13.1. The van der Waals surface area contributed by atoms with Crippen LogP contribution in [0.25, 0.3) is 10.2 Å². The highest BCUT2D eigenvalue weighted by Gasteiger charge is 2.25. The van der Waals surface area contributed by atoms with Gasteiger partial charge in [-0.2, -0.15) is 0 Å². The van der Waals surface area contributed by atoms with Crippen LogP contribution >= 0.6 is 23.1 Å². The molecule has 1 fully saturated rings. The summed E-state index contributed by atoms with van der Waals surface area (Å²) in [5, 5.41) is 4.32. The Kier molecular flexibility index (Phi) is 6.71. The molecule has 1 saturated heterocycles. The van der Waals surface area contributed by atoms with Crippen molar-refractivity contribution in [3.63, 3.8) is 0 Å². The second-order valence-electron chi connectivity index (χ2n) is 8.40. The van der Waals surface area contributed by atoms with Gasteiger partial charge in [0.1, 0.15) is 10.6 Å². The van der Waals surface area contributed by atoms with E-state index in [1.807, 2.05) is 24.3 Å². The van der Waals surface area contributed by atoms with E-state index in [1.54, 1.807) is 23.0 Å². The first-order chi connectivity index (χ1) is 16.1. The summed E-state index contributed by atoms with van der Waals surface area (Å²) in [7, 11) is 1.63. The highest BCUT2D eigenvalue weighted by Crippen LogP contribution is 2.35. The number of hydrogen-bond donors (Lipinski definition) is 1. The number of aryl methyl sites for hydroxylation is 2. The van der Waals surface area contributed by atoms with Crippen LogP contribution in [-0.2, 0) is 35.5 Å². The van der Waals surface area contributed by atoms with Crippen LogP contribution in [0, 0.1) is 0 Å². The summed E-state index contributed by atoms with van der Waals surface area (Å²) in [5.74, 6) is 0.887. The Morgan fingerprint density at radius 1 is 1.30 bits per heavy atom. The van der Waals surface area contributed by atoms with Crippen LogP contribution in [0.5, 0.6) is 5.75 Å². The van der Waals surface area contributed by atoms with E-state index in [0.29, 0.717) is 18.2 Å². The van der Waals surface area contributed by atoms with Crippen LogP contribution < -0.4 is 15.6 Å². The van der Waals surface area contributed by atoms with Crippen molar-refractivity contribution in [2.24, 2.45) is 0 Å². The number of thiophene rings is 1. The van der Waals surface area contributed by atoms with Crippen molar-refractivity contribution in [1.82, 2.24) is 14.9 Å². The fourth-order valence-corrected chi connectivity index (χ4v) is 6.59. The number of rotatable bonds is 8. The SMILES string of the molecule is COc1ccc(CNC(=O)CSc2nc3sc4c(c3c(=O)n2C[C@@H]2CCCO2)CCC4)cc1. The molecule has 1 N–H and O–H groups in total. The van der Waals surface area contributed by atoms with Crippen LogP contribution in [-0.4, -0.2) is 41.0 Å². The maximum Gasteiger partial charge on any atom is 0.263 e. The molecule has 5 rings (SSSR count). The second kappa shape index (κ2) is 9.87. The number of thioether (sulfide) groups is 1. The summed E-state index contributed by atoms with van der Waals surface area (Å²) in [4.78, 5) is 33.0. The number of hydrogen-bond acceptors (Lipinski definition) is 7. The van der Waals surface area contributed by atoms with Crippen LogP contribution in [0.15, 0.2) is 34.2 Å². The minimum absolute atomic E-state index is 0.0102. The average molecular weight is 486 g/mol. The maximum absolute atomic E-state index is 13.5. The summed E-state index contributed by atoms with van der Waals surface area (Å²) < 4.78 is 12.7.